The molecule has 1 aromatic heterocycles. The summed E-state index contributed by atoms with van der Waals surface area (Å²) in [5.74, 6) is 0.532. The predicted molar refractivity (Wildman–Crippen MR) is 80.9 cm³/mol. The molecule has 4 nitrogen and oxygen atoms in total. The van der Waals surface area contributed by atoms with Gasteiger partial charge in [0.05, 0.1) is 12.5 Å². The lowest BCUT2D eigenvalue weighted by atomic mass is 10.1. The van der Waals surface area contributed by atoms with E-state index in [1.54, 1.807) is 43.5 Å². The van der Waals surface area contributed by atoms with Crippen LogP contribution in [0.25, 0.3) is 22.3 Å². The molecular formula is C17H14O4. The van der Waals surface area contributed by atoms with E-state index in [0.717, 1.165) is 11.3 Å². The Labute approximate surface area is 121 Å². The fraction of sp³-hybridized carbons (Fsp3) is 0.118. The monoisotopic (exact) mass is 282 g/mol. The molecule has 3 rings (SSSR count). The lowest BCUT2D eigenvalue weighted by Gasteiger charge is -2.09. The van der Waals surface area contributed by atoms with Crippen LogP contribution >= 0.6 is 0 Å². The number of benzene rings is 2. The molecule has 0 bridgehead atoms. The lowest BCUT2D eigenvalue weighted by Crippen LogP contribution is -2.02. The quantitative estimate of drug-likeness (QED) is 0.781. The fourth-order valence-corrected chi connectivity index (χ4v) is 2.35. The molecular weight excluding hydrogens is 268 g/mol. The van der Waals surface area contributed by atoms with Crippen LogP contribution in [0, 0.1) is 6.92 Å². The van der Waals surface area contributed by atoms with Crippen LogP contribution in [0.3, 0.4) is 0 Å². The number of methoxy groups -OCH3 is 1. The highest BCUT2D eigenvalue weighted by atomic mass is 16.5. The number of rotatable bonds is 2. The Kier molecular flexibility index (Phi) is 3.14. The highest BCUT2D eigenvalue weighted by Gasteiger charge is 2.15. The van der Waals surface area contributed by atoms with Crippen molar-refractivity contribution in [1.29, 1.82) is 0 Å². The van der Waals surface area contributed by atoms with Crippen molar-refractivity contribution in [1.82, 2.24) is 0 Å². The minimum absolute atomic E-state index is 0.171. The molecule has 21 heavy (non-hydrogen) atoms. The molecule has 0 saturated heterocycles. The number of aromatic hydroxyl groups is 1. The van der Waals surface area contributed by atoms with Gasteiger partial charge in [0, 0.05) is 5.56 Å². The third-order valence-corrected chi connectivity index (χ3v) is 3.43. The largest absolute Gasteiger partial charge is 0.502 e. The second-order valence-electron chi connectivity index (χ2n) is 4.79. The molecule has 0 fully saturated rings. The topological polar surface area (TPSA) is 59.7 Å². The van der Waals surface area contributed by atoms with Gasteiger partial charge in [-0.3, -0.25) is 4.79 Å². The summed E-state index contributed by atoms with van der Waals surface area (Å²) in [4.78, 5) is 12.2. The number of aryl methyl sites for hydroxylation is 1. The molecule has 0 unspecified atom stereocenters. The van der Waals surface area contributed by atoms with E-state index < -0.39 is 5.43 Å². The zero-order valence-corrected chi connectivity index (χ0v) is 11.7. The van der Waals surface area contributed by atoms with Crippen molar-refractivity contribution in [3.8, 4) is 22.8 Å². The Morgan fingerprint density at radius 1 is 1.14 bits per heavy atom. The molecule has 0 amide bonds. The molecule has 2 aromatic carbocycles. The number of ether oxygens (including phenoxy) is 1. The van der Waals surface area contributed by atoms with Crippen LogP contribution in [0.2, 0.25) is 0 Å². The lowest BCUT2D eigenvalue weighted by molar-refractivity contribution is 0.411. The Hall–Kier alpha value is -2.75. The van der Waals surface area contributed by atoms with Gasteiger partial charge in [0.15, 0.2) is 5.76 Å². The molecule has 4 heteroatoms. The summed E-state index contributed by atoms with van der Waals surface area (Å²) in [7, 11) is 1.59. The van der Waals surface area contributed by atoms with Gasteiger partial charge >= 0.3 is 0 Å². The van der Waals surface area contributed by atoms with Crippen molar-refractivity contribution < 1.29 is 14.3 Å². The maximum absolute atomic E-state index is 12.2. The summed E-state index contributed by atoms with van der Waals surface area (Å²) >= 11 is 0. The van der Waals surface area contributed by atoms with Crippen molar-refractivity contribution in [2.45, 2.75) is 6.92 Å². The second kappa shape index (κ2) is 4.98. The van der Waals surface area contributed by atoms with E-state index in [0.29, 0.717) is 16.5 Å². The molecule has 0 atom stereocenters. The summed E-state index contributed by atoms with van der Waals surface area (Å²) in [6, 6.07) is 12.2. The van der Waals surface area contributed by atoms with E-state index in [4.69, 9.17) is 9.15 Å². The summed E-state index contributed by atoms with van der Waals surface area (Å²) in [5, 5.41) is 10.5. The van der Waals surface area contributed by atoms with Crippen molar-refractivity contribution >= 4 is 11.0 Å². The van der Waals surface area contributed by atoms with Crippen LogP contribution in [0.15, 0.2) is 51.7 Å². The summed E-state index contributed by atoms with van der Waals surface area (Å²) in [5.41, 5.74) is 1.54. The van der Waals surface area contributed by atoms with Crippen LogP contribution in [0.1, 0.15) is 5.56 Å². The van der Waals surface area contributed by atoms with Gasteiger partial charge in [-0.2, -0.15) is 0 Å². The third kappa shape index (κ3) is 2.14. The molecule has 1 heterocycles. The Morgan fingerprint density at radius 3 is 2.62 bits per heavy atom. The minimum atomic E-state index is -0.430. The van der Waals surface area contributed by atoms with Gasteiger partial charge in [0.25, 0.3) is 0 Å². The number of para-hydroxylation sites is 1. The smallest absolute Gasteiger partial charge is 0.235 e. The van der Waals surface area contributed by atoms with Gasteiger partial charge in [0.2, 0.25) is 11.2 Å². The number of fused-ring (bicyclic) bond motifs is 1. The van der Waals surface area contributed by atoms with Gasteiger partial charge in [-0.1, -0.05) is 12.1 Å². The normalized spacial score (nSPS) is 10.8. The Balaban J connectivity index is 2.28. The molecule has 0 radical (unpaired) electrons. The Bertz CT molecular complexity index is 878. The average molecular weight is 282 g/mol. The van der Waals surface area contributed by atoms with E-state index in [-0.39, 0.29) is 11.5 Å². The zero-order chi connectivity index (χ0) is 15.0. The molecule has 0 aliphatic rings. The van der Waals surface area contributed by atoms with Crippen molar-refractivity contribution in [2.24, 2.45) is 0 Å². The van der Waals surface area contributed by atoms with Crippen LogP contribution in [-0.2, 0) is 0 Å². The van der Waals surface area contributed by atoms with E-state index >= 15 is 0 Å². The van der Waals surface area contributed by atoms with E-state index in [9.17, 15) is 9.90 Å². The van der Waals surface area contributed by atoms with E-state index in [1.807, 2.05) is 13.0 Å². The van der Waals surface area contributed by atoms with Gasteiger partial charge in [-0.25, -0.2) is 0 Å². The van der Waals surface area contributed by atoms with Gasteiger partial charge in [-0.15, -0.1) is 0 Å². The van der Waals surface area contributed by atoms with Crippen molar-refractivity contribution in [3.05, 3.63) is 58.3 Å². The number of hydrogen-bond donors (Lipinski definition) is 1. The van der Waals surface area contributed by atoms with Crippen LogP contribution in [-0.4, -0.2) is 12.2 Å². The van der Waals surface area contributed by atoms with Gasteiger partial charge in [-0.05, 0) is 42.8 Å². The first-order valence-electron chi connectivity index (χ1n) is 6.51. The SMILES string of the molecule is COc1ccc(-c2oc3ccccc3c(=O)c2O)cc1C. The minimum Gasteiger partial charge on any atom is -0.502 e. The first-order chi connectivity index (χ1) is 10.1. The molecule has 1 N–H and O–H groups in total. The van der Waals surface area contributed by atoms with Gasteiger partial charge in [0.1, 0.15) is 11.3 Å². The second-order valence-corrected chi connectivity index (χ2v) is 4.79. The van der Waals surface area contributed by atoms with E-state index in [2.05, 4.69) is 0 Å². The summed E-state index contributed by atoms with van der Waals surface area (Å²) < 4.78 is 10.9. The van der Waals surface area contributed by atoms with Gasteiger partial charge < -0.3 is 14.3 Å². The maximum Gasteiger partial charge on any atom is 0.235 e. The molecule has 0 aliphatic carbocycles. The third-order valence-electron chi connectivity index (χ3n) is 3.43. The standard InChI is InChI=1S/C17H14O4/c1-10-9-11(7-8-13(10)20-2)17-16(19)15(18)12-5-3-4-6-14(12)21-17/h3-9,19H,1-2H3. The van der Waals surface area contributed by atoms with E-state index in [1.165, 1.54) is 0 Å². The highest BCUT2D eigenvalue weighted by molar-refractivity contribution is 5.81. The average Bonchev–Trinajstić information content (AvgIpc) is 2.51. The molecule has 3 aromatic rings. The van der Waals surface area contributed by atoms with Crippen LogP contribution < -0.4 is 10.2 Å². The Morgan fingerprint density at radius 2 is 1.90 bits per heavy atom. The summed E-state index contributed by atoms with van der Waals surface area (Å²) in [6.07, 6.45) is 0. The predicted octanol–water partition coefficient (Wildman–Crippen LogP) is 3.48. The van der Waals surface area contributed by atoms with Crippen LogP contribution in [0.5, 0.6) is 11.5 Å². The summed E-state index contributed by atoms with van der Waals surface area (Å²) in [6.45, 7) is 1.89. The molecule has 0 spiro atoms. The highest BCUT2D eigenvalue weighted by Crippen LogP contribution is 2.32. The first-order valence-corrected chi connectivity index (χ1v) is 6.51. The molecule has 0 saturated carbocycles. The zero-order valence-electron chi connectivity index (χ0n) is 11.7. The van der Waals surface area contributed by atoms with Crippen molar-refractivity contribution in [3.63, 3.8) is 0 Å². The van der Waals surface area contributed by atoms with Crippen LogP contribution in [0.4, 0.5) is 0 Å². The fourth-order valence-electron chi connectivity index (χ4n) is 2.35. The van der Waals surface area contributed by atoms with Crippen molar-refractivity contribution in [2.75, 3.05) is 7.11 Å². The number of hydrogen-bond acceptors (Lipinski definition) is 4. The maximum atomic E-state index is 12.2. The molecule has 0 aliphatic heterocycles. The molecule has 106 valence electrons. The first kappa shape index (κ1) is 13.2.